The molecule has 0 unspecified atom stereocenters. The van der Waals surface area contributed by atoms with Crippen LogP contribution in [0.5, 0.6) is 11.5 Å². The second-order valence-electron chi connectivity index (χ2n) is 5.12. The molecule has 0 saturated heterocycles. The summed E-state index contributed by atoms with van der Waals surface area (Å²) in [5, 5.41) is 1.62. The summed E-state index contributed by atoms with van der Waals surface area (Å²) in [4.78, 5) is 16.4. The fourth-order valence-electron chi connectivity index (χ4n) is 2.11. The van der Waals surface area contributed by atoms with Crippen LogP contribution < -0.4 is 14.5 Å². The van der Waals surface area contributed by atoms with Crippen LogP contribution >= 0.6 is 0 Å². The van der Waals surface area contributed by atoms with E-state index >= 15 is 0 Å². The summed E-state index contributed by atoms with van der Waals surface area (Å²) in [6.45, 7) is 3.65. The molecule has 0 bridgehead atoms. The van der Waals surface area contributed by atoms with Gasteiger partial charge in [-0.2, -0.15) is 0 Å². The van der Waals surface area contributed by atoms with E-state index in [0.717, 1.165) is 22.6 Å². The van der Waals surface area contributed by atoms with E-state index in [4.69, 9.17) is 14.3 Å². The van der Waals surface area contributed by atoms with Crippen molar-refractivity contribution >= 4 is 11.7 Å². The van der Waals surface area contributed by atoms with E-state index in [1.807, 2.05) is 43.3 Å². The Labute approximate surface area is 136 Å². The maximum atomic E-state index is 11.3. The van der Waals surface area contributed by atoms with Crippen LogP contribution in [0.2, 0.25) is 0 Å². The van der Waals surface area contributed by atoms with Crippen LogP contribution in [0.3, 0.4) is 0 Å². The number of hydrogen-bond donors (Lipinski definition) is 0. The Morgan fingerprint density at radius 3 is 2.52 bits per heavy atom. The number of hydroxylamine groups is 1. The summed E-state index contributed by atoms with van der Waals surface area (Å²) >= 11 is 0. The van der Waals surface area contributed by atoms with Crippen molar-refractivity contribution in [2.45, 2.75) is 20.5 Å². The standard InChI is InChI=1S/C18H21NO4/c1-13-7-5-6-8-17(13)22-12-15-11-16(19(3)21-4)9-10-18(15)23-14(2)20/h5-11H,12H2,1-4H3. The van der Waals surface area contributed by atoms with Gasteiger partial charge in [0, 0.05) is 19.5 Å². The molecule has 0 saturated carbocycles. The molecule has 0 aliphatic rings. The Hall–Kier alpha value is -2.53. The van der Waals surface area contributed by atoms with E-state index in [2.05, 4.69) is 0 Å². The van der Waals surface area contributed by atoms with Gasteiger partial charge in [0.15, 0.2) is 0 Å². The molecule has 2 rings (SSSR count). The van der Waals surface area contributed by atoms with Crippen LogP contribution in [0.4, 0.5) is 5.69 Å². The van der Waals surface area contributed by atoms with Crippen LogP contribution in [-0.2, 0) is 16.2 Å². The molecule has 0 N–H and O–H groups in total. The molecule has 0 spiro atoms. The van der Waals surface area contributed by atoms with Gasteiger partial charge in [-0.15, -0.1) is 0 Å². The Morgan fingerprint density at radius 1 is 1.13 bits per heavy atom. The SMILES string of the molecule is CON(C)c1ccc(OC(C)=O)c(COc2ccccc2C)c1. The first-order chi connectivity index (χ1) is 11.0. The molecule has 5 heteroatoms. The fourth-order valence-corrected chi connectivity index (χ4v) is 2.11. The van der Waals surface area contributed by atoms with Gasteiger partial charge < -0.3 is 9.47 Å². The van der Waals surface area contributed by atoms with Crippen LogP contribution in [0.1, 0.15) is 18.1 Å². The van der Waals surface area contributed by atoms with Crippen LogP contribution in [0.25, 0.3) is 0 Å². The van der Waals surface area contributed by atoms with Gasteiger partial charge in [0.05, 0.1) is 12.8 Å². The van der Waals surface area contributed by atoms with Gasteiger partial charge in [-0.25, -0.2) is 0 Å². The second kappa shape index (κ2) is 7.65. The Morgan fingerprint density at radius 2 is 1.87 bits per heavy atom. The average Bonchev–Trinajstić information content (AvgIpc) is 2.54. The topological polar surface area (TPSA) is 48.0 Å². The van der Waals surface area contributed by atoms with E-state index in [1.54, 1.807) is 25.3 Å². The first-order valence-corrected chi connectivity index (χ1v) is 7.29. The number of nitrogens with zero attached hydrogens (tertiary/aromatic N) is 1. The van der Waals surface area contributed by atoms with Gasteiger partial charge in [0.1, 0.15) is 18.1 Å². The smallest absolute Gasteiger partial charge is 0.308 e. The summed E-state index contributed by atoms with van der Waals surface area (Å²) in [5.74, 6) is 0.918. The van der Waals surface area contributed by atoms with E-state index in [0.29, 0.717) is 12.4 Å². The lowest BCUT2D eigenvalue weighted by molar-refractivity contribution is -0.131. The highest BCUT2D eigenvalue weighted by Crippen LogP contribution is 2.27. The van der Waals surface area contributed by atoms with E-state index in [9.17, 15) is 4.79 Å². The number of rotatable bonds is 6. The Kier molecular flexibility index (Phi) is 5.60. The molecule has 2 aromatic carbocycles. The van der Waals surface area contributed by atoms with Crippen molar-refractivity contribution in [2.75, 3.05) is 19.2 Å². The number of para-hydroxylation sites is 1. The van der Waals surface area contributed by atoms with Crippen molar-refractivity contribution in [3.8, 4) is 11.5 Å². The predicted molar refractivity (Wildman–Crippen MR) is 88.7 cm³/mol. The maximum absolute atomic E-state index is 11.3. The molecule has 0 heterocycles. The molecule has 5 nitrogen and oxygen atoms in total. The van der Waals surface area contributed by atoms with Gasteiger partial charge in [-0.3, -0.25) is 14.7 Å². The zero-order valence-electron chi connectivity index (χ0n) is 13.8. The molecule has 0 aromatic heterocycles. The third-order valence-corrected chi connectivity index (χ3v) is 3.41. The van der Waals surface area contributed by atoms with Crippen molar-refractivity contribution in [1.29, 1.82) is 0 Å². The Bertz CT molecular complexity index is 684. The highest BCUT2D eigenvalue weighted by molar-refractivity contribution is 5.70. The van der Waals surface area contributed by atoms with Gasteiger partial charge in [0.2, 0.25) is 0 Å². The predicted octanol–water partition coefficient (Wildman–Crippen LogP) is 3.50. The number of hydrogen-bond acceptors (Lipinski definition) is 5. The van der Waals surface area contributed by atoms with Crippen molar-refractivity contribution < 1.29 is 19.1 Å². The maximum Gasteiger partial charge on any atom is 0.308 e. The fraction of sp³-hybridized carbons (Fsp3) is 0.278. The lowest BCUT2D eigenvalue weighted by Crippen LogP contribution is -2.15. The molecule has 0 radical (unpaired) electrons. The van der Waals surface area contributed by atoms with Gasteiger partial charge in [-0.05, 0) is 36.8 Å². The second-order valence-corrected chi connectivity index (χ2v) is 5.12. The normalized spacial score (nSPS) is 10.3. The number of carbonyl (C=O) groups is 1. The third kappa shape index (κ3) is 4.47. The monoisotopic (exact) mass is 315 g/mol. The minimum atomic E-state index is -0.366. The summed E-state index contributed by atoms with van der Waals surface area (Å²) in [7, 11) is 3.39. The zero-order chi connectivity index (χ0) is 16.8. The minimum Gasteiger partial charge on any atom is -0.488 e. The number of benzene rings is 2. The lowest BCUT2D eigenvalue weighted by Gasteiger charge is -2.18. The van der Waals surface area contributed by atoms with Crippen molar-refractivity contribution in [2.24, 2.45) is 0 Å². The first-order valence-electron chi connectivity index (χ1n) is 7.29. The molecule has 0 aliphatic heterocycles. The third-order valence-electron chi connectivity index (χ3n) is 3.41. The van der Waals surface area contributed by atoms with Crippen molar-refractivity contribution in [3.63, 3.8) is 0 Å². The number of aryl methyl sites for hydroxylation is 1. The highest BCUT2D eigenvalue weighted by Gasteiger charge is 2.11. The molecule has 0 aliphatic carbocycles. The molecular weight excluding hydrogens is 294 g/mol. The molecule has 23 heavy (non-hydrogen) atoms. The summed E-state index contributed by atoms with van der Waals surface area (Å²) in [6, 6.07) is 13.2. The molecular formula is C18H21NO4. The summed E-state index contributed by atoms with van der Waals surface area (Å²) < 4.78 is 11.1. The van der Waals surface area contributed by atoms with Gasteiger partial charge in [0.25, 0.3) is 0 Å². The van der Waals surface area contributed by atoms with E-state index < -0.39 is 0 Å². The van der Waals surface area contributed by atoms with Gasteiger partial charge in [-0.1, -0.05) is 18.2 Å². The molecule has 0 fully saturated rings. The first kappa shape index (κ1) is 16.8. The number of esters is 1. The van der Waals surface area contributed by atoms with Gasteiger partial charge >= 0.3 is 5.97 Å². The molecule has 2 aromatic rings. The number of carbonyl (C=O) groups excluding carboxylic acids is 1. The number of ether oxygens (including phenoxy) is 2. The zero-order valence-corrected chi connectivity index (χ0v) is 13.8. The van der Waals surface area contributed by atoms with Crippen molar-refractivity contribution in [1.82, 2.24) is 0 Å². The highest BCUT2D eigenvalue weighted by atomic mass is 16.7. The quantitative estimate of drug-likeness (QED) is 0.464. The molecule has 122 valence electrons. The van der Waals surface area contributed by atoms with E-state index in [-0.39, 0.29) is 5.97 Å². The molecule has 0 atom stereocenters. The van der Waals surface area contributed by atoms with E-state index in [1.165, 1.54) is 6.92 Å². The van der Waals surface area contributed by atoms with Crippen LogP contribution in [-0.4, -0.2) is 20.1 Å². The van der Waals surface area contributed by atoms with Crippen LogP contribution in [0.15, 0.2) is 42.5 Å². The van der Waals surface area contributed by atoms with Crippen molar-refractivity contribution in [3.05, 3.63) is 53.6 Å². The average molecular weight is 315 g/mol. The summed E-state index contributed by atoms with van der Waals surface area (Å²) in [5.41, 5.74) is 2.66. The molecule has 0 amide bonds. The lowest BCUT2D eigenvalue weighted by atomic mass is 10.1. The summed E-state index contributed by atoms with van der Waals surface area (Å²) in [6.07, 6.45) is 0. The van der Waals surface area contributed by atoms with Crippen LogP contribution in [0, 0.1) is 6.92 Å². The largest absolute Gasteiger partial charge is 0.488 e. The Balaban J connectivity index is 2.25. The number of anilines is 1. The minimum absolute atomic E-state index is 0.291.